The number of imidazole rings is 1. The third-order valence-corrected chi connectivity index (χ3v) is 10.8. The summed E-state index contributed by atoms with van der Waals surface area (Å²) in [6.45, 7) is 15.9. The van der Waals surface area contributed by atoms with Crippen molar-refractivity contribution in [2.24, 2.45) is 0 Å². The zero-order valence-corrected chi connectivity index (χ0v) is 33.0. The fourth-order valence-corrected chi connectivity index (χ4v) is 8.08. The van der Waals surface area contributed by atoms with Gasteiger partial charge in [0.2, 0.25) is 0 Å². The maximum Gasteiger partial charge on any atom is 0.120 e. The molecule has 2 aliphatic heterocycles. The molecule has 0 amide bonds. The number of hydrogen-bond donors (Lipinski definition) is 0. The molecular weight excluding hydrogens is 805 g/mol. The minimum atomic E-state index is -0.141. The number of aromatic nitrogens is 2. The van der Waals surface area contributed by atoms with Crippen LogP contribution >= 0.6 is 0 Å². The van der Waals surface area contributed by atoms with Gasteiger partial charge in [-0.1, -0.05) is 95.1 Å². The molecular formula is C45H44IrN4O-2. The Hall–Kier alpha value is -4.64. The number of rotatable bonds is 4. The zero-order chi connectivity index (χ0) is 34.9. The van der Waals surface area contributed by atoms with E-state index in [0.29, 0.717) is 11.8 Å². The average Bonchev–Trinajstić information content (AvgIpc) is 3.82. The molecule has 1 unspecified atom stereocenters. The molecule has 0 spiro atoms. The minimum Gasteiger partial charge on any atom is -0.483 e. The van der Waals surface area contributed by atoms with E-state index in [4.69, 9.17) is 4.42 Å². The van der Waals surface area contributed by atoms with E-state index < -0.39 is 0 Å². The molecule has 2 aliphatic rings. The molecule has 261 valence electrons. The maximum absolute atomic E-state index is 6.27. The van der Waals surface area contributed by atoms with Crippen LogP contribution in [0.5, 0.6) is 0 Å². The van der Waals surface area contributed by atoms with E-state index in [2.05, 4.69) is 154 Å². The van der Waals surface area contributed by atoms with E-state index in [-0.39, 0.29) is 31.7 Å². The standard InChI is InChI=1S/C24H21N2O.C21H23N2.Ir/c1-14-25(4)18-11-5-9-16-23(18)26(14)17-10-7-13-20-22(17)21-15(24(16,2)3)8-6-12-19(21)27-20;1-15(2)18-11-8-12-19(16(3)4)20(18)23-14-13-22-21(23)17-9-6-5-7-10-17;/h5-9,11-14H,1-4H3;5-9,11-16H,1-4H3;/q2*-1;. The van der Waals surface area contributed by atoms with E-state index in [0.717, 1.165) is 28.2 Å². The SMILES string of the molecule is CC(C)c1cccc(C(C)C)c1-n1ccnc1-c1[c-]cccc1.CC1N(C)c2cccc3c2N1c1[c-]ccc2oc4cccc(c4c12)C3(C)C.[Ir]. The van der Waals surface area contributed by atoms with Gasteiger partial charge in [0.05, 0.1) is 17.2 Å². The molecule has 0 N–H and O–H groups in total. The van der Waals surface area contributed by atoms with E-state index >= 15 is 0 Å². The van der Waals surface area contributed by atoms with Gasteiger partial charge in [-0.25, -0.2) is 0 Å². The molecule has 6 heteroatoms. The van der Waals surface area contributed by atoms with Crippen molar-refractivity contribution in [3.8, 4) is 17.1 Å². The van der Waals surface area contributed by atoms with Crippen molar-refractivity contribution in [2.45, 2.75) is 71.9 Å². The van der Waals surface area contributed by atoms with Gasteiger partial charge in [0, 0.05) is 56.2 Å². The van der Waals surface area contributed by atoms with Crippen LogP contribution in [0.25, 0.3) is 39.0 Å². The molecule has 2 aromatic heterocycles. The summed E-state index contributed by atoms with van der Waals surface area (Å²) in [5, 5.41) is 2.40. The average molecular weight is 849 g/mol. The molecule has 5 aromatic carbocycles. The summed E-state index contributed by atoms with van der Waals surface area (Å²) in [5.41, 5.74) is 13.1. The van der Waals surface area contributed by atoms with E-state index in [1.54, 1.807) is 0 Å². The number of benzene rings is 5. The Morgan fingerprint density at radius 2 is 1.43 bits per heavy atom. The summed E-state index contributed by atoms with van der Waals surface area (Å²) in [4.78, 5) is 9.40. The third-order valence-electron chi connectivity index (χ3n) is 10.8. The Balaban J connectivity index is 0.000000159. The van der Waals surface area contributed by atoms with Gasteiger partial charge < -0.3 is 18.8 Å². The molecule has 0 saturated carbocycles. The largest absolute Gasteiger partial charge is 0.483 e. The first kappa shape index (κ1) is 34.8. The number of hydrogen-bond acceptors (Lipinski definition) is 4. The van der Waals surface area contributed by atoms with Crippen molar-refractivity contribution in [3.05, 3.63) is 138 Å². The molecule has 4 heterocycles. The summed E-state index contributed by atoms with van der Waals surface area (Å²) < 4.78 is 8.49. The molecule has 5 nitrogen and oxygen atoms in total. The van der Waals surface area contributed by atoms with E-state index in [1.165, 1.54) is 50.1 Å². The van der Waals surface area contributed by atoms with Crippen molar-refractivity contribution >= 4 is 39.0 Å². The van der Waals surface area contributed by atoms with Crippen LogP contribution in [0.2, 0.25) is 0 Å². The van der Waals surface area contributed by atoms with E-state index in [1.807, 2.05) is 36.5 Å². The Morgan fingerprint density at radius 1 is 0.745 bits per heavy atom. The Bertz CT molecular complexity index is 2340. The second-order valence-electron chi connectivity index (χ2n) is 14.7. The molecule has 7 aromatic rings. The van der Waals surface area contributed by atoms with Crippen LogP contribution in [0.15, 0.2) is 108 Å². The fraction of sp³-hybridized carbons (Fsp3) is 0.267. The molecule has 1 atom stereocenters. The Kier molecular flexibility index (Phi) is 8.98. The van der Waals surface area contributed by atoms with E-state index in [9.17, 15) is 0 Å². The number of furan rings is 1. The maximum atomic E-state index is 6.27. The molecule has 51 heavy (non-hydrogen) atoms. The predicted octanol–water partition coefficient (Wildman–Crippen LogP) is 11.5. The van der Waals surface area contributed by atoms with Crippen LogP contribution in [-0.4, -0.2) is 22.8 Å². The normalized spacial score (nSPS) is 15.5. The number of para-hydroxylation sites is 2. The summed E-state index contributed by atoms with van der Waals surface area (Å²) >= 11 is 0. The molecule has 1 radical (unpaired) electrons. The first-order chi connectivity index (χ1) is 24.1. The third kappa shape index (κ3) is 5.43. The van der Waals surface area contributed by atoms with Gasteiger partial charge >= 0.3 is 0 Å². The van der Waals surface area contributed by atoms with Crippen LogP contribution < -0.4 is 9.80 Å². The summed E-state index contributed by atoms with van der Waals surface area (Å²) in [5.74, 6) is 1.86. The van der Waals surface area contributed by atoms with Gasteiger partial charge in [0.25, 0.3) is 0 Å². The topological polar surface area (TPSA) is 37.4 Å². The first-order valence-corrected chi connectivity index (χ1v) is 17.7. The van der Waals surface area contributed by atoms with Gasteiger partial charge in [-0.05, 0) is 58.5 Å². The summed E-state index contributed by atoms with van der Waals surface area (Å²) in [6.07, 6.45) is 4.15. The van der Waals surface area contributed by atoms with Gasteiger partial charge in [-0.2, -0.15) is 12.1 Å². The minimum absolute atomic E-state index is 0. The van der Waals surface area contributed by atoms with Gasteiger partial charge in [-0.15, -0.1) is 42.0 Å². The molecule has 9 rings (SSSR count). The first-order valence-electron chi connectivity index (χ1n) is 17.7. The number of fused-ring (bicyclic) bond motifs is 1. The number of nitrogens with zero attached hydrogens (tertiary/aromatic N) is 4. The number of anilines is 3. The van der Waals surface area contributed by atoms with Crippen LogP contribution in [0.1, 0.15) is 82.6 Å². The summed E-state index contributed by atoms with van der Waals surface area (Å²) in [6, 6.07) is 38.6. The fourth-order valence-electron chi connectivity index (χ4n) is 8.08. The summed E-state index contributed by atoms with van der Waals surface area (Å²) in [7, 11) is 2.18. The van der Waals surface area contributed by atoms with Crippen molar-refractivity contribution in [2.75, 3.05) is 16.8 Å². The molecule has 0 aliphatic carbocycles. The van der Waals surface area contributed by atoms with Crippen LogP contribution in [0.4, 0.5) is 17.1 Å². The second kappa shape index (κ2) is 13.2. The Morgan fingerprint density at radius 3 is 2.14 bits per heavy atom. The van der Waals surface area contributed by atoms with Crippen molar-refractivity contribution in [3.63, 3.8) is 0 Å². The van der Waals surface area contributed by atoms with Crippen LogP contribution in [0.3, 0.4) is 0 Å². The smallest absolute Gasteiger partial charge is 0.120 e. The quantitative estimate of drug-likeness (QED) is 0.165. The monoisotopic (exact) mass is 849 g/mol. The predicted molar refractivity (Wildman–Crippen MR) is 207 cm³/mol. The molecule has 0 saturated heterocycles. The zero-order valence-electron chi connectivity index (χ0n) is 30.6. The van der Waals surface area contributed by atoms with Crippen molar-refractivity contribution in [1.82, 2.24) is 9.55 Å². The van der Waals surface area contributed by atoms with Crippen LogP contribution in [-0.2, 0) is 25.5 Å². The van der Waals surface area contributed by atoms with Crippen molar-refractivity contribution < 1.29 is 24.5 Å². The van der Waals surface area contributed by atoms with Crippen LogP contribution in [0, 0.1) is 12.1 Å². The molecule has 0 bridgehead atoms. The van der Waals surface area contributed by atoms with Gasteiger partial charge in [0.1, 0.15) is 11.7 Å². The van der Waals surface area contributed by atoms with Crippen molar-refractivity contribution in [1.29, 1.82) is 0 Å². The van der Waals surface area contributed by atoms with Gasteiger partial charge in [-0.3, -0.25) is 4.98 Å². The van der Waals surface area contributed by atoms with Gasteiger partial charge in [0.15, 0.2) is 0 Å². The second-order valence-corrected chi connectivity index (χ2v) is 14.7. The Labute approximate surface area is 315 Å². The molecule has 0 fully saturated rings.